The fraction of sp³-hybridized carbons (Fsp3) is 0.189. The van der Waals surface area contributed by atoms with E-state index < -0.39 is 5.41 Å². The average molecular weight is 526 g/mol. The molecule has 0 unspecified atom stereocenters. The van der Waals surface area contributed by atoms with Gasteiger partial charge in [0.2, 0.25) is 0 Å². The molecule has 1 aromatic heterocycles. The number of rotatable bonds is 7. The quantitative estimate of drug-likeness (QED) is 0.216. The molecule has 0 bridgehead atoms. The van der Waals surface area contributed by atoms with E-state index in [0.29, 0.717) is 17.0 Å². The third-order valence-electron chi connectivity index (χ3n) is 8.07. The zero-order chi connectivity index (χ0) is 28.5. The first-order chi connectivity index (χ1) is 19.1. The Hall–Kier alpha value is -4.50. The van der Waals surface area contributed by atoms with E-state index in [-0.39, 0.29) is 16.9 Å². The van der Waals surface area contributed by atoms with Crippen molar-refractivity contribution in [2.24, 2.45) is 0 Å². The molecule has 0 aliphatic rings. The van der Waals surface area contributed by atoms with Crippen LogP contribution in [0.25, 0.3) is 22.4 Å². The normalized spacial score (nSPS) is 11.8. The summed E-state index contributed by atoms with van der Waals surface area (Å²) in [7, 11) is 0. The van der Waals surface area contributed by atoms with Gasteiger partial charge in [0.25, 0.3) is 0 Å². The Balaban J connectivity index is 1.81. The molecule has 0 saturated carbocycles. The molecule has 40 heavy (non-hydrogen) atoms. The Labute approximate surface area is 237 Å². The monoisotopic (exact) mass is 525 g/mol. The van der Waals surface area contributed by atoms with Crippen LogP contribution in [0.4, 0.5) is 0 Å². The molecule has 200 valence electrons. The Morgan fingerprint density at radius 1 is 0.625 bits per heavy atom. The molecular formula is C37H35NO2. The summed E-state index contributed by atoms with van der Waals surface area (Å²) in [5, 5.41) is 12.0. The molecule has 1 N–H and O–H groups in total. The first kappa shape index (κ1) is 27.1. The van der Waals surface area contributed by atoms with Gasteiger partial charge in [0, 0.05) is 28.9 Å². The van der Waals surface area contributed by atoms with Gasteiger partial charge in [-0.2, -0.15) is 0 Å². The van der Waals surface area contributed by atoms with Crippen LogP contribution in [0.15, 0.2) is 115 Å². The lowest BCUT2D eigenvalue weighted by Crippen LogP contribution is -2.23. The van der Waals surface area contributed by atoms with Crippen LogP contribution in [0.5, 0.6) is 5.75 Å². The summed E-state index contributed by atoms with van der Waals surface area (Å²) >= 11 is 0. The Bertz CT molecular complexity index is 1650. The minimum atomic E-state index is -0.497. The SMILES string of the molecule is CC(=O)c1cc(-c2ccccc2)cc(-c2cc(C(C)(C)c3ccccc3)cc(C(C)(C)c3ccccc3)c2O)n1. The van der Waals surface area contributed by atoms with Gasteiger partial charge in [-0.1, -0.05) is 125 Å². The fourth-order valence-corrected chi connectivity index (χ4v) is 5.34. The molecule has 4 aromatic carbocycles. The summed E-state index contributed by atoms with van der Waals surface area (Å²) in [5.41, 5.74) is 6.70. The average Bonchev–Trinajstić information content (AvgIpc) is 2.98. The fourth-order valence-electron chi connectivity index (χ4n) is 5.34. The number of aromatic nitrogens is 1. The van der Waals surface area contributed by atoms with Crippen LogP contribution in [0, 0.1) is 0 Å². The van der Waals surface area contributed by atoms with Gasteiger partial charge in [-0.05, 0) is 46.0 Å². The standard InChI is InChI=1S/C37H35NO2/c1-25(39)33-21-27(26-15-9-6-10-16-26)22-34(38-33)31-23-30(36(2,3)28-17-11-7-12-18-28)24-32(35(31)40)37(4,5)29-19-13-8-14-20-29/h6-24,40H,1-5H3. The summed E-state index contributed by atoms with van der Waals surface area (Å²) < 4.78 is 0. The highest BCUT2D eigenvalue weighted by molar-refractivity contribution is 5.94. The van der Waals surface area contributed by atoms with E-state index >= 15 is 0 Å². The lowest BCUT2D eigenvalue weighted by molar-refractivity contribution is 0.101. The van der Waals surface area contributed by atoms with Gasteiger partial charge in [-0.15, -0.1) is 0 Å². The largest absolute Gasteiger partial charge is 0.507 e. The van der Waals surface area contributed by atoms with Crippen LogP contribution in [-0.2, 0) is 10.8 Å². The minimum Gasteiger partial charge on any atom is -0.507 e. The molecule has 5 aromatic rings. The van der Waals surface area contributed by atoms with E-state index in [0.717, 1.165) is 27.8 Å². The number of carbonyl (C=O) groups is 1. The topological polar surface area (TPSA) is 50.2 Å². The number of nitrogens with zero attached hydrogens (tertiary/aromatic N) is 1. The number of Topliss-reactive ketones (excluding diaryl/α,β-unsaturated/α-hetero) is 1. The highest BCUT2D eigenvalue weighted by Gasteiger charge is 2.32. The number of hydrogen-bond donors (Lipinski definition) is 1. The molecule has 0 fully saturated rings. The minimum absolute atomic E-state index is 0.121. The summed E-state index contributed by atoms with van der Waals surface area (Å²) in [6.07, 6.45) is 0. The second kappa shape index (κ2) is 10.6. The molecule has 0 spiro atoms. The first-order valence-electron chi connectivity index (χ1n) is 13.7. The molecule has 3 nitrogen and oxygen atoms in total. The van der Waals surface area contributed by atoms with E-state index in [2.05, 4.69) is 70.2 Å². The molecule has 0 radical (unpaired) electrons. The van der Waals surface area contributed by atoms with Gasteiger partial charge in [-0.3, -0.25) is 4.79 Å². The van der Waals surface area contributed by atoms with Gasteiger partial charge >= 0.3 is 0 Å². The molecular weight excluding hydrogens is 490 g/mol. The van der Waals surface area contributed by atoms with E-state index in [9.17, 15) is 9.90 Å². The molecule has 0 aliphatic heterocycles. The van der Waals surface area contributed by atoms with Crippen molar-refractivity contribution in [1.29, 1.82) is 0 Å². The second-order valence-corrected chi connectivity index (χ2v) is 11.5. The van der Waals surface area contributed by atoms with Gasteiger partial charge in [0.1, 0.15) is 11.4 Å². The Kier molecular flexibility index (Phi) is 7.16. The number of phenols is 1. The van der Waals surface area contributed by atoms with E-state index in [1.165, 1.54) is 12.5 Å². The third-order valence-corrected chi connectivity index (χ3v) is 8.07. The molecule has 0 saturated heterocycles. The highest BCUT2D eigenvalue weighted by Crippen LogP contribution is 2.46. The molecule has 0 amide bonds. The molecule has 5 rings (SSSR count). The summed E-state index contributed by atoms with van der Waals surface area (Å²) in [6.45, 7) is 10.2. The Morgan fingerprint density at radius 2 is 1.15 bits per heavy atom. The number of pyridine rings is 1. The van der Waals surface area contributed by atoms with Crippen LogP contribution < -0.4 is 0 Å². The predicted molar refractivity (Wildman–Crippen MR) is 164 cm³/mol. The maximum Gasteiger partial charge on any atom is 0.178 e. The van der Waals surface area contributed by atoms with Gasteiger partial charge < -0.3 is 5.11 Å². The highest BCUT2D eigenvalue weighted by atomic mass is 16.3. The zero-order valence-corrected chi connectivity index (χ0v) is 23.8. The van der Waals surface area contributed by atoms with Crippen molar-refractivity contribution < 1.29 is 9.90 Å². The van der Waals surface area contributed by atoms with E-state index in [4.69, 9.17) is 4.98 Å². The molecule has 1 heterocycles. The number of hydrogen-bond acceptors (Lipinski definition) is 3. The Morgan fingerprint density at radius 3 is 1.70 bits per heavy atom. The van der Waals surface area contributed by atoms with Gasteiger partial charge in [0.05, 0.1) is 5.69 Å². The smallest absolute Gasteiger partial charge is 0.178 e. The molecule has 0 aliphatic carbocycles. The molecule has 0 atom stereocenters. The van der Waals surface area contributed by atoms with E-state index in [1.807, 2.05) is 72.8 Å². The van der Waals surface area contributed by atoms with E-state index in [1.54, 1.807) is 0 Å². The van der Waals surface area contributed by atoms with Crippen molar-refractivity contribution in [3.8, 4) is 28.1 Å². The maximum atomic E-state index is 12.6. The second-order valence-electron chi connectivity index (χ2n) is 11.5. The van der Waals surface area contributed by atoms with Crippen molar-refractivity contribution in [3.05, 3.63) is 143 Å². The lowest BCUT2D eigenvalue weighted by atomic mass is 9.72. The van der Waals surface area contributed by atoms with Gasteiger partial charge in [0.15, 0.2) is 5.78 Å². The lowest BCUT2D eigenvalue weighted by Gasteiger charge is -2.32. The first-order valence-corrected chi connectivity index (χ1v) is 13.7. The van der Waals surface area contributed by atoms with Crippen molar-refractivity contribution >= 4 is 5.78 Å². The number of aromatic hydroxyl groups is 1. The van der Waals surface area contributed by atoms with Crippen molar-refractivity contribution in [2.75, 3.05) is 0 Å². The van der Waals surface area contributed by atoms with Crippen molar-refractivity contribution in [3.63, 3.8) is 0 Å². The maximum absolute atomic E-state index is 12.6. The molecule has 3 heteroatoms. The predicted octanol–water partition coefficient (Wildman–Crippen LogP) is 8.98. The summed E-state index contributed by atoms with van der Waals surface area (Å²) in [4.78, 5) is 17.4. The van der Waals surface area contributed by atoms with Crippen molar-refractivity contribution in [1.82, 2.24) is 4.98 Å². The number of phenolic OH excluding ortho intramolecular Hbond substituents is 1. The van der Waals surface area contributed by atoms with Crippen LogP contribution >= 0.6 is 0 Å². The van der Waals surface area contributed by atoms with Crippen LogP contribution in [0.1, 0.15) is 67.4 Å². The number of ketones is 1. The number of carbonyl (C=O) groups excluding carboxylic acids is 1. The number of benzene rings is 4. The van der Waals surface area contributed by atoms with Crippen LogP contribution in [0.2, 0.25) is 0 Å². The van der Waals surface area contributed by atoms with Crippen LogP contribution in [-0.4, -0.2) is 15.9 Å². The van der Waals surface area contributed by atoms with Crippen molar-refractivity contribution in [2.45, 2.75) is 45.4 Å². The summed E-state index contributed by atoms with van der Waals surface area (Å²) in [5.74, 6) is 0.0535. The zero-order valence-electron chi connectivity index (χ0n) is 23.8. The van der Waals surface area contributed by atoms with Gasteiger partial charge in [-0.25, -0.2) is 4.98 Å². The third kappa shape index (κ3) is 5.08. The van der Waals surface area contributed by atoms with Crippen LogP contribution in [0.3, 0.4) is 0 Å². The summed E-state index contributed by atoms with van der Waals surface area (Å²) in [6, 6.07) is 38.5.